The second-order valence-corrected chi connectivity index (χ2v) is 6.81. The summed E-state index contributed by atoms with van der Waals surface area (Å²) in [5, 5.41) is 11.5. The molecule has 1 aromatic carbocycles. The first-order valence-electron chi connectivity index (χ1n) is 6.51. The minimum absolute atomic E-state index is 0.0307. The van der Waals surface area contributed by atoms with Crippen LogP contribution in [-0.2, 0) is 14.8 Å². The van der Waals surface area contributed by atoms with Crippen LogP contribution in [0.3, 0.4) is 0 Å². The van der Waals surface area contributed by atoms with E-state index in [0.717, 1.165) is 0 Å². The Morgan fingerprint density at radius 1 is 1.29 bits per heavy atom. The van der Waals surface area contributed by atoms with Gasteiger partial charge < -0.3 is 5.32 Å². The minimum atomic E-state index is -3.81. The van der Waals surface area contributed by atoms with Crippen LogP contribution in [0.15, 0.2) is 23.1 Å². The van der Waals surface area contributed by atoms with Crippen molar-refractivity contribution in [2.75, 3.05) is 0 Å². The lowest BCUT2D eigenvalue weighted by Gasteiger charge is -2.16. The van der Waals surface area contributed by atoms with Crippen LogP contribution in [0.2, 0.25) is 0 Å². The third-order valence-corrected chi connectivity index (χ3v) is 4.32. The minimum Gasteiger partial charge on any atom is -0.353 e. The molecule has 0 saturated heterocycles. The van der Waals surface area contributed by atoms with Crippen LogP contribution in [0.25, 0.3) is 0 Å². The summed E-state index contributed by atoms with van der Waals surface area (Å²) in [6.45, 7) is 6.73. The summed E-state index contributed by atoms with van der Waals surface area (Å²) in [6, 6.07) is 5.23. The van der Waals surface area contributed by atoms with Gasteiger partial charge in [0.2, 0.25) is 15.9 Å². The van der Waals surface area contributed by atoms with Gasteiger partial charge in [0.15, 0.2) is 0 Å². The number of hydrogen-bond acceptors (Lipinski definition) is 4. The highest BCUT2D eigenvalue weighted by Crippen LogP contribution is 2.15. The summed E-state index contributed by atoms with van der Waals surface area (Å²) < 4.78 is 26.7. The fourth-order valence-electron chi connectivity index (χ4n) is 1.69. The summed E-state index contributed by atoms with van der Waals surface area (Å²) in [4.78, 5) is 11.8. The van der Waals surface area contributed by atoms with Gasteiger partial charge in [0.1, 0.15) is 0 Å². The van der Waals surface area contributed by atoms with Crippen LogP contribution in [-0.4, -0.2) is 26.4 Å². The van der Waals surface area contributed by atoms with E-state index in [9.17, 15) is 13.2 Å². The van der Waals surface area contributed by atoms with E-state index in [1.807, 2.05) is 6.07 Å². The molecule has 6 nitrogen and oxygen atoms in total. The van der Waals surface area contributed by atoms with Crippen LogP contribution >= 0.6 is 0 Å². The lowest BCUT2D eigenvalue weighted by Crippen LogP contribution is -2.46. The molecule has 0 aliphatic heterocycles. The quantitative estimate of drug-likeness (QED) is 0.849. The molecule has 7 heteroatoms. The van der Waals surface area contributed by atoms with E-state index >= 15 is 0 Å². The Labute approximate surface area is 125 Å². The molecule has 0 spiro atoms. The molecule has 114 valence electrons. The largest absolute Gasteiger partial charge is 0.353 e. The van der Waals surface area contributed by atoms with Crippen LogP contribution in [0.5, 0.6) is 0 Å². The van der Waals surface area contributed by atoms with Crippen LogP contribution in [0.1, 0.15) is 31.9 Å². The molecule has 0 saturated carbocycles. The maximum absolute atomic E-state index is 12.2. The van der Waals surface area contributed by atoms with Crippen molar-refractivity contribution in [3.05, 3.63) is 29.3 Å². The molecule has 0 aromatic heterocycles. The molecule has 0 bridgehead atoms. The zero-order chi connectivity index (χ0) is 16.2. The van der Waals surface area contributed by atoms with Crippen molar-refractivity contribution in [1.29, 1.82) is 5.26 Å². The van der Waals surface area contributed by atoms with Crippen LogP contribution in [0, 0.1) is 18.3 Å². The maximum atomic E-state index is 12.2. The zero-order valence-corrected chi connectivity index (χ0v) is 13.3. The predicted octanol–water partition coefficient (Wildman–Crippen LogP) is 1.06. The van der Waals surface area contributed by atoms with Gasteiger partial charge >= 0.3 is 0 Å². The fraction of sp³-hybridized carbons (Fsp3) is 0.429. The fourth-order valence-corrected chi connectivity index (χ4v) is 2.98. The predicted molar refractivity (Wildman–Crippen MR) is 79.0 cm³/mol. The first kappa shape index (κ1) is 17.1. The van der Waals surface area contributed by atoms with Crippen LogP contribution < -0.4 is 10.0 Å². The van der Waals surface area contributed by atoms with Gasteiger partial charge in [0.25, 0.3) is 0 Å². The molecular weight excluding hydrogens is 290 g/mol. The Bertz CT molecular complexity index is 675. The van der Waals surface area contributed by atoms with Crippen molar-refractivity contribution >= 4 is 15.9 Å². The number of carbonyl (C=O) groups is 1. The molecule has 0 aliphatic rings. The average Bonchev–Trinajstić information content (AvgIpc) is 2.37. The van der Waals surface area contributed by atoms with Crippen molar-refractivity contribution in [3.8, 4) is 6.07 Å². The zero-order valence-electron chi connectivity index (χ0n) is 12.5. The summed E-state index contributed by atoms with van der Waals surface area (Å²) in [5.74, 6) is -0.390. The van der Waals surface area contributed by atoms with Gasteiger partial charge in [-0.05, 0) is 51.5 Å². The Kier molecular flexibility index (Phi) is 5.47. The molecule has 0 radical (unpaired) electrons. The van der Waals surface area contributed by atoms with Crippen molar-refractivity contribution < 1.29 is 13.2 Å². The molecule has 0 fully saturated rings. The van der Waals surface area contributed by atoms with E-state index in [1.165, 1.54) is 25.1 Å². The molecule has 21 heavy (non-hydrogen) atoms. The molecule has 1 atom stereocenters. The standard InChI is InChI=1S/C14H19N3O3S/c1-9(2)16-14(18)11(4)17-21(19,20)13-6-5-12(8-15)10(3)7-13/h5-7,9,11,17H,1-4H3,(H,16,18). The summed E-state index contributed by atoms with van der Waals surface area (Å²) >= 11 is 0. The molecule has 1 amide bonds. The van der Waals surface area contributed by atoms with E-state index < -0.39 is 16.1 Å². The normalized spacial score (nSPS) is 12.8. The second kappa shape index (κ2) is 6.70. The molecular formula is C14H19N3O3S. The molecule has 1 unspecified atom stereocenters. The highest BCUT2D eigenvalue weighted by molar-refractivity contribution is 7.89. The smallest absolute Gasteiger partial charge is 0.241 e. The molecule has 2 N–H and O–H groups in total. The van der Waals surface area contributed by atoms with E-state index in [-0.39, 0.29) is 16.8 Å². The first-order valence-corrected chi connectivity index (χ1v) is 7.99. The monoisotopic (exact) mass is 309 g/mol. The number of nitrogens with zero attached hydrogens (tertiary/aromatic N) is 1. The summed E-state index contributed by atoms with van der Waals surface area (Å²) in [7, 11) is -3.81. The third-order valence-electron chi connectivity index (χ3n) is 2.78. The molecule has 1 rings (SSSR count). The van der Waals surface area contributed by atoms with Crippen molar-refractivity contribution in [1.82, 2.24) is 10.0 Å². The van der Waals surface area contributed by atoms with Gasteiger partial charge in [-0.1, -0.05) is 0 Å². The number of hydrogen-bond donors (Lipinski definition) is 2. The Hall–Kier alpha value is -1.91. The lowest BCUT2D eigenvalue weighted by molar-refractivity contribution is -0.122. The number of nitriles is 1. The van der Waals surface area contributed by atoms with E-state index in [0.29, 0.717) is 11.1 Å². The Balaban J connectivity index is 2.94. The third kappa shape index (κ3) is 4.55. The number of sulfonamides is 1. The molecule has 0 aliphatic carbocycles. The lowest BCUT2D eigenvalue weighted by atomic mass is 10.1. The van der Waals surface area contributed by atoms with Crippen molar-refractivity contribution in [2.24, 2.45) is 0 Å². The summed E-state index contributed by atoms with van der Waals surface area (Å²) in [5.41, 5.74) is 0.985. The number of rotatable bonds is 5. The van der Waals surface area contributed by atoms with Crippen molar-refractivity contribution in [3.63, 3.8) is 0 Å². The number of amides is 1. The Morgan fingerprint density at radius 3 is 2.38 bits per heavy atom. The number of benzene rings is 1. The SMILES string of the molecule is Cc1cc(S(=O)(=O)NC(C)C(=O)NC(C)C)ccc1C#N. The maximum Gasteiger partial charge on any atom is 0.241 e. The van der Waals surface area contributed by atoms with E-state index in [2.05, 4.69) is 10.0 Å². The number of carbonyl (C=O) groups excluding carboxylic acids is 1. The Morgan fingerprint density at radius 2 is 1.90 bits per heavy atom. The van der Waals surface area contributed by atoms with Crippen molar-refractivity contribution in [2.45, 2.75) is 44.7 Å². The van der Waals surface area contributed by atoms with Gasteiger partial charge in [-0.15, -0.1) is 0 Å². The van der Waals surface area contributed by atoms with Gasteiger partial charge in [-0.3, -0.25) is 4.79 Å². The van der Waals surface area contributed by atoms with Gasteiger partial charge in [0.05, 0.1) is 22.6 Å². The number of nitrogens with one attached hydrogen (secondary N) is 2. The van der Waals surface area contributed by atoms with E-state index in [4.69, 9.17) is 5.26 Å². The molecule has 0 heterocycles. The van der Waals surface area contributed by atoms with Gasteiger partial charge in [-0.25, -0.2) is 8.42 Å². The van der Waals surface area contributed by atoms with Gasteiger partial charge in [0, 0.05) is 6.04 Å². The van der Waals surface area contributed by atoms with Crippen LogP contribution in [0.4, 0.5) is 0 Å². The topological polar surface area (TPSA) is 99.1 Å². The van der Waals surface area contributed by atoms with Gasteiger partial charge in [-0.2, -0.15) is 9.98 Å². The van der Waals surface area contributed by atoms with E-state index in [1.54, 1.807) is 20.8 Å². The summed E-state index contributed by atoms with van der Waals surface area (Å²) in [6.07, 6.45) is 0. The average molecular weight is 309 g/mol. The highest BCUT2D eigenvalue weighted by Gasteiger charge is 2.22. The number of aryl methyl sites for hydroxylation is 1. The first-order chi connectivity index (χ1) is 9.67. The second-order valence-electron chi connectivity index (χ2n) is 5.09. The molecule has 1 aromatic rings. The highest BCUT2D eigenvalue weighted by atomic mass is 32.2.